The van der Waals surface area contributed by atoms with Gasteiger partial charge in [-0.15, -0.1) is 11.8 Å². The Morgan fingerprint density at radius 2 is 2.00 bits per heavy atom. The van der Waals surface area contributed by atoms with Crippen LogP contribution in [0.3, 0.4) is 0 Å². The molecule has 0 fully saturated rings. The van der Waals surface area contributed by atoms with Crippen molar-refractivity contribution in [1.29, 1.82) is 0 Å². The number of nitrogens with one attached hydrogen (secondary N) is 1. The van der Waals surface area contributed by atoms with Crippen molar-refractivity contribution in [2.45, 2.75) is 40.0 Å². The molecule has 0 radical (unpaired) electrons. The van der Waals surface area contributed by atoms with Crippen molar-refractivity contribution in [3.8, 4) is 0 Å². The molecule has 0 aliphatic heterocycles. The molecule has 6 heteroatoms. The van der Waals surface area contributed by atoms with E-state index in [9.17, 15) is 4.79 Å². The highest BCUT2D eigenvalue weighted by atomic mass is 32.2. The number of hydrazine groups is 1. The molecule has 0 aliphatic carbocycles. The minimum absolute atomic E-state index is 0.131. The first-order valence-corrected chi connectivity index (χ1v) is 8.09. The lowest BCUT2D eigenvalue weighted by Gasteiger charge is -2.22. The number of thioether (sulfide) groups is 1. The lowest BCUT2D eigenvalue weighted by atomic mass is 10.1. The first kappa shape index (κ1) is 19.0. The summed E-state index contributed by atoms with van der Waals surface area (Å²) in [5.41, 5.74) is 4.38. The summed E-state index contributed by atoms with van der Waals surface area (Å²) in [6, 6.07) is 0. The van der Waals surface area contributed by atoms with Gasteiger partial charge in [-0.3, -0.25) is 9.63 Å². The monoisotopic (exact) mass is 301 g/mol. The average Bonchev–Trinajstić information content (AvgIpc) is 2.43. The zero-order valence-electron chi connectivity index (χ0n) is 13.2. The molecule has 0 bridgehead atoms. The van der Waals surface area contributed by atoms with Crippen molar-refractivity contribution in [3.05, 3.63) is 22.3 Å². The van der Waals surface area contributed by atoms with E-state index in [1.165, 1.54) is 4.91 Å². The molecule has 1 amide bonds. The van der Waals surface area contributed by atoms with Gasteiger partial charge in [0.2, 0.25) is 5.91 Å². The first-order chi connectivity index (χ1) is 9.51. The van der Waals surface area contributed by atoms with Crippen LogP contribution in [0.25, 0.3) is 0 Å². The van der Waals surface area contributed by atoms with Gasteiger partial charge >= 0.3 is 0 Å². The van der Waals surface area contributed by atoms with Crippen molar-refractivity contribution in [2.75, 3.05) is 19.9 Å². The number of hydroxylamine groups is 1. The number of carbonyl (C=O) groups excluding carboxylic acids is 1. The van der Waals surface area contributed by atoms with Gasteiger partial charge in [0, 0.05) is 19.0 Å². The standard InChI is InChI=1S/C14H27N3O2S/c1-6-9-12(17(4)15)11(13(7-2)20-5)10-19-16-14(18)8-3/h9H,6-8,10,15H2,1-5H3,(H,16,18)/b12-9+,13-11+. The number of rotatable bonds is 9. The van der Waals surface area contributed by atoms with E-state index in [1.54, 1.807) is 30.7 Å². The normalized spacial score (nSPS) is 13.0. The SMILES string of the molecule is CC/C=C(\C(CONC(=O)CC)=C(/CC)SC)N(C)N. The zero-order chi connectivity index (χ0) is 15.5. The van der Waals surface area contributed by atoms with Crippen molar-refractivity contribution in [1.82, 2.24) is 10.5 Å². The third-order valence-electron chi connectivity index (χ3n) is 2.71. The van der Waals surface area contributed by atoms with Crippen LogP contribution < -0.4 is 11.3 Å². The quantitative estimate of drug-likeness (QED) is 0.389. The van der Waals surface area contributed by atoms with E-state index in [2.05, 4.69) is 25.4 Å². The van der Waals surface area contributed by atoms with E-state index in [-0.39, 0.29) is 5.91 Å². The molecular formula is C14H27N3O2S. The first-order valence-electron chi connectivity index (χ1n) is 6.87. The summed E-state index contributed by atoms with van der Waals surface area (Å²) < 4.78 is 0. The molecule has 3 N–H and O–H groups in total. The fraction of sp³-hybridized carbons (Fsp3) is 0.643. The number of allylic oxidation sites excluding steroid dienone is 2. The van der Waals surface area contributed by atoms with Gasteiger partial charge in [-0.25, -0.2) is 11.3 Å². The topological polar surface area (TPSA) is 67.6 Å². The van der Waals surface area contributed by atoms with Gasteiger partial charge < -0.3 is 5.01 Å². The highest BCUT2D eigenvalue weighted by Gasteiger charge is 2.14. The van der Waals surface area contributed by atoms with Gasteiger partial charge in [-0.05, 0) is 24.0 Å². The van der Waals surface area contributed by atoms with E-state index in [0.29, 0.717) is 13.0 Å². The van der Waals surface area contributed by atoms with Crippen LogP contribution in [0.4, 0.5) is 0 Å². The number of nitrogens with zero attached hydrogens (tertiary/aromatic N) is 1. The van der Waals surface area contributed by atoms with Crippen molar-refractivity contribution < 1.29 is 9.63 Å². The van der Waals surface area contributed by atoms with Gasteiger partial charge in [-0.2, -0.15) is 0 Å². The third kappa shape index (κ3) is 6.45. The molecule has 0 saturated carbocycles. The number of hydrogen-bond acceptors (Lipinski definition) is 5. The Labute approximate surface area is 126 Å². The summed E-state index contributed by atoms with van der Waals surface area (Å²) in [5, 5.41) is 1.59. The molecule has 0 aliphatic rings. The van der Waals surface area contributed by atoms with E-state index in [1.807, 2.05) is 6.26 Å². The molecule has 0 aromatic heterocycles. The third-order valence-corrected chi connectivity index (χ3v) is 3.74. The Hall–Kier alpha value is -0.980. The Morgan fingerprint density at radius 1 is 1.35 bits per heavy atom. The van der Waals surface area contributed by atoms with Gasteiger partial charge in [0.25, 0.3) is 0 Å². The molecule has 0 atom stereocenters. The number of likely N-dealkylation sites (N-methyl/N-ethyl adjacent to an activating group) is 1. The molecule has 0 spiro atoms. The highest BCUT2D eigenvalue weighted by molar-refractivity contribution is 8.02. The van der Waals surface area contributed by atoms with Crippen LogP contribution in [0.1, 0.15) is 40.0 Å². The molecule has 20 heavy (non-hydrogen) atoms. The Balaban J connectivity index is 5.14. The molecule has 0 aromatic rings. The predicted molar refractivity (Wildman–Crippen MR) is 85.5 cm³/mol. The maximum atomic E-state index is 11.2. The van der Waals surface area contributed by atoms with Gasteiger partial charge in [-0.1, -0.05) is 26.8 Å². The van der Waals surface area contributed by atoms with Gasteiger partial charge in [0.15, 0.2) is 0 Å². The van der Waals surface area contributed by atoms with E-state index in [4.69, 9.17) is 10.7 Å². The number of nitrogens with two attached hydrogens (primary N) is 1. The van der Waals surface area contributed by atoms with Crippen LogP contribution in [0, 0.1) is 0 Å². The predicted octanol–water partition coefficient (Wildman–Crippen LogP) is 2.57. The second-order valence-electron chi connectivity index (χ2n) is 4.24. The summed E-state index contributed by atoms with van der Waals surface area (Å²) in [6.45, 7) is 6.25. The molecule has 0 heterocycles. The van der Waals surface area contributed by atoms with Crippen molar-refractivity contribution in [2.24, 2.45) is 5.84 Å². The second kappa shape index (κ2) is 10.8. The van der Waals surface area contributed by atoms with Crippen LogP contribution in [0.5, 0.6) is 0 Å². The molecule has 116 valence electrons. The maximum Gasteiger partial charge on any atom is 0.243 e. The maximum absolute atomic E-state index is 11.2. The van der Waals surface area contributed by atoms with Gasteiger partial charge in [0.05, 0.1) is 5.70 Å². The number of carbonyl (C=O) groups is 1. The van der Waals surface area contributed by atoms with E-state index in [0.717, 1.165) is 24.1 Å². The lowest BCUT2D eigenvalue weighted by Crippen LogP contribution is -2.30. The molecule has 0 aromatic carbocycles. The lowest BCUT2D eigenvalue weighted by molar-refractivity contribution is -0.132. The summed E-state index contributed by atoms with van der Waals surface area (Å²) >= 11 is 1.68. The molecule has 0 saturated heterocycles. The summed E-state index contributed by atoms with van der Waals surface area (Å²) in [7, 11) is 1.81. The fourth-order valence-corrected chi connectivity index (χ4v) is 2.41. The Kier molecular flexibility index (Phi) is 10.2. The number of amides is 1. The van der Waals surface area contributed by atoms with Crippen LogP contribution >= 0.6 is 11.8 Å². The molecule has 0 unspecified atom stereocenters. The summed E-state index contributed by atoms with van der Waals surface area (Å²) in [6.07, 6.45) is 6.27. The summed E-state index contributed by atoms with van der Waals surface area (Å²) in [4.78, 5) is 17.7. The zero-order valence-corrected chi connectivity index (χ0v) is 14.0. The van der Waals surface area contributed by atoms with Crippen LogP contribution in [-0.2, 0) is 9.63 Å². The minimum Gasteiger partial charge on any atom is -0.314 e. The average molecular weight is 301 g/mol. The van der Waals surface area contributed by atoms with Crippen LogP contribution in [0.15, 0.2) is 22.3 Å². The minimum atomic E-state index is -0.131. The number of hydrogen-bond donors (Lipinski definition) is 2. The molecular weight excluding hydrogens is 274 g/mol. The Morgan fingerprint density at radius 3 is 2.40 bits per heavy atom. The van der Waals surface area contributed by atoms with Crippen molar-refractivity contribution >= 4 is 17.7 Å². The molecule has 0 rings (SSSR count). The van der Waals surface area contributed by atoms with Crippen LogP contribution in [-0.4, -0.2) is 30.8 Å². The van der Waals surface area contributed by atoms with Crippen molar-refractivity contribution in [3.63, 3.8) is 0 Å². The smallest absolute Gasteiger partial charge is 0.243 e. The van der Waals surface area contributed by atoms with E-state index >= 15 is 0 Å². The molecule has 5 nitrogen and oxygen atoms in total. The van der Waals surface area contributed by atoms with Gasteiger partial charge in [0.1, 0.15) is 6.61 Å². The fourth-order valence-electron chi connectivity index (χ4n) is 1.71. The second-order valence-corrected chi connectivity index (χ2v) is 5.14. The summed E-state index contributed by atoms with van der Waals surface area (Å²) in [5.74, 6) is 5.78. The Bertz CT molecular complexity index is 359. The van der Waals surface area contributed by atoms with Crippen LogP contribution in [0.2, 0.25) is 0 Å². The highest BCUT2D eigenvalue weighted by Crippen LogP contribution is 2.26. The largest absolute Gasteiger partial charge is 0.314 e. The van der Waals surface area contributed by atoms with E-state index < -0.39 is 0 Å².